The van der Waals surface area contributed by atoms with Gasteiger partial charge in [0.1, 0.15) is 6.04 Å². The van der Waals surface area contributed by atoms with Gasteiger partial charge in [-0.3, -0.25) is 9.59 Å². The summed E-state index contributed by atoms with van der Waals surface area (Å²) >= 11 is 0. The molecule has 3 aromatic rings. The zero-order valence-corrected chi connectivity index (χ0v) is 21.5. The van der Waals surface area contributed by atoms with Gasteiger partial charge >= 0.3 is 0 Å². The van der Waals surface area contributed by atoms with Gasteiger partial charge < -0.3 is 10.2 Å². The summed E-state index contributed by atoms with van der Waals surface area (Å²) in [5, 5.41) is 3.25. The molecule has 1 saturated carbocycles. The summed E-state index contributed by atoms with van der Waals surface area (Å²) in [5.74, 6) is -0.0979. The van der Waals surface area contributed by atoms with Crippen LogP contribution >= 0.6 is 0 Å². The lowest BCUT2D eigenvalue weighted by Crippen LogP contribution is -2.51. The van der Waals surface area contributed by atoms with Gasteiger partial charge in [0.15, 0.2) is 0 Å². The topological polar surface area (TPSA) is 49.4 Å². The zero-order chi connectivity index (χ0) is 25.3. The van der Waals surface area contributed by atoms with Gasteiger partial charge in [0.2, 0.25) is 11.8 Å². The molecule has 188 valence electrons. The highest BCUT2D eigenvalue weighted by atomic mass is 16.2. The number of hydrogen-bond donors (Lipinski definition) is 1. The molecule has 1 aliphatic carbocycles. The largest absolute Gasteiger partial charge is 0.352 e. The molecule has 1 fully saturated rings. The molecule has 0 unspecified atom stereocenters. The molecule has 2 amide bonds. The number of carbonyl (C=O) groups excluding carboxylic acids is 2. The van der Waals surface area contributed by atoms with Crippen LogP contribution < -0.4 is 5.32 Å². The summed E-state index contributed by atoms with van der Waals surface area (Å²) in [4.78, 5) is 29.3. The van der Waals surface area contributed by atoms with Gasteiger partial charge in [-0.1, -0.05) is 110 Å². The maximum Gasteiger partial charge on any atom is 0.243 e. The fourth-order valence-electron chi connectivity index (χ4n) is 5.38. The fourth-order valence-corrected chi connectivity index (χ4v) is 5.38. The van der Waals surface area contributed by atoms with Crippen LogP contribution in [0.1, 0.15) is 73.6 Å². The van der Waals surface area contributed by atoms with Gasteiger partial charge in [0.05, 0.1) is 0 Å². The molecule has 0 spiro atoms. The van der Waals surface area contributed by atoms with E-state index in [9.17, 15) is 9.59 Å². The van der Waals surface area contributed by atoms with Crippen molar-refractivity contribution in [3.63, 3.8) is 0 Å². The van der Waals surface area contributed by atoms with Crippen LogP contribution in [0.4, 0.5) is 0 Å². The molecule has 36 heavy (non-hydrogen) atoms. The Kier molecular flexibility index (Phi) is 8.94. The molecule has 1 atom stereocenters. The lowest BCUT2D eigenvalue weighted by molar-refractivity contribution is -0.141. The molecule has 1 aliphatic rings. The lowest BCUT2D eigenvalue weighted by atomic mass is 9.88. The Morgan fingerprint density at radius 1 is 0.889 bits per heavy atom. The van der Waals surface area contributed by atoms with Gasteiger partial charge in [-0.2, -0.15) is 0 Å². The van der Waals surface area contributed by atoms with E-state index in [1.54, 1.807) is 0 Å². The van der Waals surface area contributed by atoms with Gasteiger partial charge in [-0.05, 0) is 42.9 Å². The minimum absolute atomic E-state index is 0.00244. The Morgan fingerprint density at radius 3 is 2.06 bits per heavy atom. The van der Waals surface area contributed by atoms with Crippen LogP contribution in [-0.2, 0) is 16.1 Å². The van der Waals surface area contributed by atoms with E-state index in [0.29, 0.717) is 19.4 Å². The minimum Gasteiger partial charge on any atom is -0.352 e. The molecule has 0 bridgehead atoms. The van der Waals surface area contributed by atoms with E-state index in [0.717, 1.165) is 47.9 Å². The van der Waals surface area contributed by atoms with Crippen molar-refractivity contribution >= 4 is 11.8 Å². The van der Waals surface area contributed by atoms with Gasteiger partial charge in [0.25, 0.3) is 0 Å². The molecule has 4 rings (SSSR count). The number of rotatable bonds is 10. The van der Waals surface area contributed by atoms with Crippen LogP contribution in [0.5, 0.6) is 0 Å². The van der Waals surface area contributed by atoms with E-state index >= 15 is 0 Å². The van der Waals surface area contributed by atoms with Crippen molar-refractivity contribution in [2.45, 2.75) is 76.9 Å². The number of nitrogens with one attached hydrogen (secondary N) is 1. The molecule has 4 heteroatoms. The minimum atomic E-state index is -0.495. The smallest absolute Gasteiger partial charge is 0.243 e. The molecule has 0 aliphatic heterocycles. The summed E-state index contributed by atoms with van der Waals surface area (Å²) in [6, 6.07) is 28.4. The van der Waals surface area contributed by atoms with Crippen molar-refractivity contribution in [3.8, 4) is 0 Å². The van der Waals surface area contributed by atoms with E-state index in [2.05, 4.69) is 48.6 Å². The second kappa shape index (κ2) is 12.5. The summed E-state index contributed by atoms with van der Waals surface area (Å²) in [6.45, 7) is 4.48. The first-order chi connectivity index (χ1) is 17.5. The van der Waals surface area contributed by atoms with Crippen LogP contribution in [0.25, 0.3) is 0 Å². The number of hydrogen-bond acceptors (Lipinski definition) is 2. The molecule has 3 aromatic carbocycles. The third-order valence-electron chi connectivity index (χ3n) is 7.31. The molecule has 0 aromatic heterocycles. The van der Waals surface area contributed by atoms with E-state index in [4.69, 9.17) is 0 Å². The first kappa shape index (κ1) is 25.7. The lowest BCUT2D eigenvalue weighted by Gasteiger charge is -2.33. The average Bonchev–Trinajstić information content (AvgIpc) is 3.41. The highest BCUT2D eigenvalue weighted by Crippen LogP contribution is 2.30. The Balaban J connectivity index is 1.63. The molecule has 0 radical (unpaired) electrons. The van der Waals surface area contributed by atoms with Crippen molar-refractivity contribution in [3.05, 3.63) is 107 Å². The SMILES string of the molecule is CC[C@@H](C(=O)NC1CCCC1)N(Cc1cccc(C)c1)C(=O)CC(c1ccccc1)c1ccccc1. The predicted molar refractivity (Wildman–Crippen MR) is 146 cm³/mol. The van der Waals surface area contributed by atoms with Crippen LogP contribution in [-0.4, -0.2) is 28.8 Å². The fraction of sp³-hybridized carbons (Fsp3) is 0.375. The molecular formula is C32H38N2O2. The molecule has 0 saturated heterocycles. The number of benzene rings is 3. The number of carbonyl (C=O) groups is 2. The molecule has 0 heterocycles. The van der Waals surface area contributed by atoms with E-state index in [1.165, 1.54) is 0 Å². The van der Waals surface area contributed by atoms with Crippen molar-refractivity contribution in [2.75, 3.05) is 0 Å². The van der Waals surface area contributed by atoms with Crippen LogP contribution in [0.2, 0.25) is 0 Å². The van der Waals surface area contributed by atoms with Crippen molar-refractivity contribution in [1.82, 2.24) is 10.2 Å². The Labute approximate surface area is 215 Å². The van der Waals surface area contributed by atoms with E-state index in [-0.39, 0.29) is 23.8 Å². The maximum atomic E-state index is 14.1. The van der Waals surface area contributed by atoms with Crippen LogP contribution in [0, 0.1) is 6.92 Å². The van der Waals surface area contributed by atoms with Crippen LogP contribution in [0.3, 0.4) is 0 Å². The number of nitrogens with zero attached hydrogens (tertiary/aromatic N) is 1. The summed E-state index contributed by atoms with van der Waals surface area (Å²) in [6.07, 6.45) is 5.26. The summed E-state index contributed by atoms with van der Waals surface area (Å²) in [5.41, 5.74) is 4.41. The molecule has 1 N–H and O–H groups in total. The average molecular weight is 483 g/mol. The van der Waals surface area contributed by atoms with Gasteiger partial charge in [-0.15, -0.1) is 0 Å². The maximum absolute atomic E-state index is 14.1. The Hall–Kier alpha value is -3.40. The predicted octanol–water partition coefficient (Wildman–Crippen LogP) is 6.38. The second-order valence-corrected chi connectivity index (χ2v) is 10.0. The number of amides is 2. The second-order valence-electron chi connectivity index (χ2n) is 10.0. The zero-order valence-electron chi connectivity index (χ0n) is 21.5. The Morgan fingerprint density at radius 2 is 1.50 bits per heavy atom. The molecular weight excluding hydrogens is 444 g/mol. The Bertz CT molecular complexity index is 1080. The third kappa shape index (κ3) is 6.63. The summed E-state index contributed by atoms with van der Waals surface area (Å²) < 4.78 is 0. The van der Waals surface area contributed by atoms with Crippen molar-refractivity contribution in [2.24, 2.45) is 0 Å². The third-order valence-corrected chi connectivity index (χ3v) is 7.31. The van der Waals surface area contributed by atoms with E-state index in [1.807, 2.05) is 60.4 Å². The normalized spacial score (nSPS) is 14.5. The quantitative estimate of drug-likeness (QED) is 0.364. The highest BCUT2D eigenvalue weighted by molar-refractivity contribution is 5.88. The van der Waals surface area contributed by atoms with E-state index < -0.39 is 6.04 Å². The molecule has 4 nitrogen and oxygen atoms in total. The van der Waals surface area contributed by atoms with Crippen LogP contribution in [0.15, 0.2) is 84.9 Å². The first-order valence-corrected chi connectivity index (χ1v) is 13.3. The van der Waals surface area contributed by atoms with Crippen molar-refractivity contribution < 1.29 is 9.59 Å². The van der Waals surface area contributed by atoms with Crippen molar-refractivity contribution in [1.29, 1.82) is 0 Å². The van der Waals surface area contributed by atoms with Gasteiger partial charge in [0, 0.05) is 24.9 Å². The standard InChI is InChI=1S/C32H38N2O2/c1-3-30(32(36)33-28-19-10-11-20-28)34(23-25-14-12-13-24(2)21-25)31(35)22-29(26-15-6-4-7-16-26)27-17-8-5-9-18-27/h4-9,12-18,21,28-30H,3,10-11,19-20,22-23H2,1-2H3,(H,33,36)/t30-/m0/s1. The first-order valence-electron chi connectivity index (χ1n) is 13.3. The van der Waals surface area contributed by atoms with Gasteiger partial charge in [-0.25, -0.2) is 0 Å². The monoisotopic (exact) mass is 482 g/mol. The summed E-state index contributed by atoms with van der Waals surface area (Å²) in [7, 11) is 0. The number of aryl methyl sites for hydroxylation is 1. The highest BCUT2D eigenvalue weighted by Gasteiger charge is 2.32.